The van der Waals surface area contributed by atoms with E-state index in [-0.39, 0.29) is 0 Å². The van der Waals surface area contributed by atoms with Crippen molar-refractivity contribution in [3.63, 3.8) is 0 Å². The smallest absolute Gasteiger partial charge is 0.0204 e. The standard InChI is InChI=1S/C6H14N2S/c7-9-6-5-8-3-1-2-4-8/h1-7H2. The van der Waals surface area contributed by atoms with Gasteiger partial charge in [-0.15, -0.1) is 0 Å². The van der Waals surface area contributed by atoms with E-state index >= 15 is 0 Å². The van der Waals surface area contributed by atoms with Crippen molar-refractivity contribution in [1.29, 1.82) is 0 Å². The van der Waals surface area contributed by atoms with Gasteiger partial charge in [0.25, 0.3) is 0 Å². The van der Waals surface area contributed by atoms with Crippen molar-refractivity contribution in [2.75, 3.05) is 25.4 Å². The van der Waals surface area contributed by atoms with Crippen LogP contribution in [0.3, 0.4) is 0 Å². The third-order valence-electron chi connectivity index (χ3n) is 1.72. The van der Waals surface area contributed by atoms with Gasteiger partial charge in [0.1, 0.15) is 0 Å². The first kappa shape index (κ1) is 7.38. The van der Waals surface area contributed by atoms with Crippen molar-refractivity contribution >= 4 is 11.9 Å². The van der Waals surface area contributed by atoms with Crippen molar-refractivity contribution in [3.8, 4) is 0 Å². The SMILES string of the molecule is NSCCN1CCCC1. The summed E-state index contributed by atoms with van der Waals surface area (Å²) >= 11 is 1.45. The summed E-state index contributed by atoms with van der Waals surface area (Å²) in [5.74, 6) is 1.08. The molecule has 2 N–H and O–H groups in total. The molecule has 0 spiro atoms. The molecule has 2 nitrogen and oxygen atoms in total. The lowest BCUT2D eigenvalue weighted by molar-refractivity contribution is 0.362. The third kappa shape index (κ3) is 2.56. The van der Waals surface area contributed by atoms with Crippen LogP contribution in [0.25, 0.3) is 0 Å². The Morgan fingerprint density at radius 3 is 2.56 bits per heavy atom. The fraction of sp³-hybridized carbons (Fsp3) is 1.00. The summed E-state index contributed by atoms with van der Waals surface area (Å²) in [4.78, 5) is 2.47. The number of nitrogens with zero attached hydrogens (tertiary/aromatic N) is 1. The maximum atomic E-state index is 5.30. The molecule has 1 fully saturated rings. The Morgan fingerprint density at radius 2 is 2.00 bits per heavy atom. The predicted molar refractivity (Wildman–Crippen MR) is 42.3 cm³/mol. The molecule has 1 rings (SSSR count). The maximum Gasteiger partial charge on any atom is 0.0204 e. The molecule has 0 aromatic heterocycles. The van der Waals surface area contributed by atoms with Gasteiger partial charge in [0.05, 0.1) is 0 Å². The minimum atomic E-state index is 1.08. The van der Waals surface area contributed by atoms with Gasteiger partial charge in [0.2, 0.25) is 0 Å². The Labute approximate surface area is 60.9 Å². The van der Waals surface area contributed by atoms with E-state index < -0.39 is 0 Å². The van der Waals surface area contributed by atoms with Crippen molar-refractivity contribution in [2.24, 2.45) is 5.14 Å². The van der Waals surface area contributed by atoms with Gasteiger partial charge in [-0.25, -0.2) is 0 Å². The zero-order chi connectivity index (χ0) is 6.53. The zero-order valence-corrected chi connectivity index (χ0v) is 6.49. The van der Waals surface area contributed by atoms with Crippen LogP contribution in [0.2, 0.25) is 0 Å². The maximum absolute atomic E-state index is 5.30. The van der Waals surface area contributed by atoms with E-state index in [0.717, 1.165) is 5.75 Å². The monoisotopic (exact) mass is 146 g/mol. The fourth-order valence-corrected chi connectivity index (χ4v) is 1.55. The Kier molecular flexibility index (Phi) is 3.40. The molecule has 0 bridgehead atoms. The van der Waals surface area contributed by atoms with Gasteiger partial charge >= 0.3 is 0 Å². The topological polar surface area (TPSA) is 29.3 Å². The lowest BCUT2D eigenvalue weighted by Crippen LogP contribution is -2.22. The van der Waals surface area contributed by atoms with Crippen molar-refractivity contribution in [1.82, 2.24) is 4.90 Å². The fourth-order valence-electron chi connectivity index (χ4n) is 1.19. The Hall–Kier alpha value is 0.270. The van der Waals surface area contributed by atoms with E-state index in [1.54, 1.807) is 0 Å². The Morgan fingerprint density at radius 1 is 1.33 bits per heavy atom. The van der Waals surface area contributed by atoms with Gasteiger partial charge in [0, 0.05) is 12.3 Å². The zero-order valence-electron chi connectivity index (χ0n) is 5.68. The molecular weight excluding hydrogens is 132 g/mol. The van der Waals surface area contributed by atoms with E-state index in [1.165, 1.54) is 44.4 Å². The molecule has 0 aliphatic carbocycles. The molecule has 9 heavy (non-hydrogen) atoms. The van der Waals surface area contributed by atoms with Gasteiger partial charge in [-0.3, -0.25) is 5.14 Å². The first-order valence-corrected chi connectivity index (χ1v) is 4.52. The van der Waals surface area contributed by atoms with Crippen LogP contribution in [0.15, 0.2) is 0 Å². The van der Waals surface area contributed by atoms with E-state index in [4.69, 9.17) is 5.14 Å². The molecule has 0 unspecified atom stereocenters. The summed E-state index contributed by atoms with van der Waals surface area (Å²) in [6, 6.07) is 0. The summed E-state index contributed by atoms with van der Waals surface area (Å²) in [6.07, 6.45) is 2.77. The molecule has 0 radical (unpaired) electrons. The number of hydrogen-bond donors (Lipinski definition) is 1. The molecule has 1 aliphatic rings. The normalized spacial score (nSPS) is 21.0. The number of nitrogens with two attached hydrogens (primary N) is 1. The molecule has 0 aromatic carbocycles. The van der Waals surface area contributed by atoms with Crippen LogP contribution in [-0.4, -0.2) is 30.3 Å². The van der Waals surface area contributed by atoms with Crippen molar-refractivity contribution in [2.45, 2.75) is 12.8 Å². The molecule has 0 saturated carbocycles. The molecule has 0 amide bonds. The quantitative estimate of drug-likeness (QED) is 0.594. The number of rotatable bonds is 3. The predicted octanol–water partition coefficient (Wildman–Crippen LogP) is 0.689. The van der Waals surface area contributed by atoms with E-state index in [9.17, 15) is 0 Å². The lowest BCUT2D eigenvalue weighted by atomic mass is 10.4. The first-order valence-electron chi connectivity index (χ1n) is 3.47. The lowest BCUT2D eigenvalue weighted by Gasteiger charge is -2.11. The van der Waals surface area contributed by atoms with Crippen LogP contribution in [0.5, 0.6) is 0 Å². The average molecular weight is 146 g/mol. The van der Waals surface area contributed by atoms with Crippen LogP contribution in [0, 0.1) is 0 Å². The summed E-state index contributed by atoms with van der Waals surface area (Å²) < 4.78 is 0. The van der Waals surface area contributed by atoms with E-state index in [1.807, 2.05) is 0 Å². The van der Waals surface area contributed by atoms with Crippen LogP contribution in [0.4, 0.5) is 0 Å². The highest BCUT2D eigenvalue weighted by atomic mass is 32.2. The highest BCUT2D eigenvalue weighted by Gasteiger charge is 2.09. The van der Waals surface area contributed by atoms with E-state index in [2.05, 4.69) is 4.90 Å². The average Bonchev–Trinajstić information content (AvgIpc) is 2.34. The van der Waals surface area contributed by atoms with Crippen LogP contribution >= 0.6 is 11.9 Å². The first-order chi connectivity index (χ1) is 4.43. The van der Waals surface area contributed by atoms with E-state index in [0.29, 0.717) is 0 Å². The second kappa shape index (κ2) is 4.14. The second-order valence-corrected chi connectivity index (χ2v) is 3.16. The minimum absolute atomic E-state index is 1.08. The van der Waals surface area contributed by atoms with Gasteiger partial charge < -0.3 is 4.90 Å². The number of likely N-dealkylation sites (tertiary alicyclic amines) is 1. The van der Waals surface area contributed by atoms with Crippen LogP contribution in [-0.2, 0) is 0 Å². The van der Waals surface area contributed by atoms with Crippen LogP contribution in [0.1, 0.15) is 12.8 Å². The molecule has 54 valence electrons. The summed E-state index contributed by atoms with van der Waals surface area (Å²) in [5.41, 5.74) is 0. The van der Waals surface area contributed by atoms with Gasteiger partial charge in [-0.1, -0.05) is 11.9 Å². The second-order valence-electron chi connectivity index (χ2n) is 2.42. The van der Waals surface area contributed by atoms with Crippen molar-refractivity contribution in [3.05, 3.63) is 0 Å². The van der Waals surface area contributed by atoms with Gasteiger partial charge in [-0.2, -0.15) is 0 Å². The Balaban J connectivity index is 1.98. The molecule has 0 aromatic rings. The highest BCUT2D eigenvalue weighted by molar-refractivity contribution is 7.97. The molecule has 1 heterocycles. The molecule has 1 saturated heterocycles. The minimum Gasteiger partial charge on any atom is -0.302 e. The molecule has 1 aliphatic heterocycles. The molecular formula is C6H14N2S. The summed E-state index contributed by atoms with van der Waals surface area (Å²) in [6.45, 7) is 3.77. The number of hydrogen-bond acceptors (Lipinski definition) is 3. The van der Waals surface area contributed by atoms with Gasteiger partial charge in [0.15, 0.2) is 0 Å². The molecule has 0 atom stereocenters. The third-order valence-corrected chi connectivity index (χ3v) is 2.14. The highest BCUT2D eigenvalue weighted by Crippen LogP contribution is 2.06. The summed E-state index contributed by atoms with van der Waals surface area (Å²) in [5, 5.41) is 5.30. The summed E-state index contributed by atoms with van der Waals surface area (Å²) in [7, 11) is 0. The van der Waals surface area contributed by atoms with Gasteiger partial charge in [-0.05, 0) is 25.9 Å². The van der Waals surface area contributed by atoms with Crippen molar-refractivity contribution < 1.29 is 0 Å². The Bertz CT molecular complexity index is 71.5. The molecule has 3 heteroatoms. The van der Waals surface area contributed by atoms with Crippen LogP contribution < -0.4 is 5.14 Å². The largest absolute Gasteiger partial charge is 0.302 e.